The zero-order chi connectivity index (χ0) is 23.8. The molecular formula is C25H25N5O4. The van der Waals surface area contributed by atoms with Crippen molar-refractivity contribution in [2.45, 2.75) is 19.9 Å². The Morgan fingerprint density at radius 1 is 0.912 bits per heavy atom. The van der Waals surface area contributed by atoms with Crippen LogP contribution in [0.3, 0.4) is 0 Å². The van der Waals surface area contributed by atoms with Crippen molar-refractivity contribution in [2.24, 2.45) is 0 Å². The number of benzene rings is 1. The molecule has 0 spiro atoms. The summed E-state index contributed by atoms with van der Waals surface area (Å²) in [5.41, 5.74) is 1.53. The minimum atomic E-state index is -0.265. The number of carbonyl (C=O) groups is 2. The Balaban J connectivity index is 1.46. The first kappa shape index (κ1) is 21.7. The van der Waals surface area contributed by atoms with Crippen molar-refractivity contribution in [3.8, 4) is 16.9 Å². The topological polar surface area (TPSA) is 93.6 Å². The number of nitrogens with zero attached hydrogens (tertiary/aromatic N) is 5. The number of hydrogen-bond acceptors (Lipinski definition) is 5. The normalized spacial score (nSPS) is 14.2. The first-order chi connectivity index (χ1) is 16.4. The summed E-state index contributed by atoms with van der Waals surface area (Å²) >= 11 is 0. The molecule has 1 fully saturated rings. The summed E-state index contributed by atoms with van der Waals surface area (Å²) in [6, 6.07) is 12.5. The van der Waals surface area contributed by atoms with Crippen LogP contribution in [0, 0.1) is 0 Å². The van der Waals surface area contributed by atoms with Crippen LogP contribution < -0.4 is 5.56 Å². The van der Waals surface area contributed by atoms with Gasteiger partial charge in [0.05, 0.1) is 23.1 Å². The van der Waals surface area contributed by atoms with E-state index >= 15 is 0 Å². The molecule has 34 heavy (non-hydrogen) atoms. The second-order valence-electron chi connectivity index (χ2n) is 8.59. The molecule has 4 heterocycles. The van der Waals surface area contributed by atoms with Gasteiger partial charge in [-0.05, 0) is 38.1 Å². The third kappa shape index (κ3) is 3.79. The summed E-state index contributed by atoms with van der Waals surface area (Å²) in [5.74, 6) is -0.103. The van der Waals surface area contributed by atoms with E-state index in [1.54, 1.807) is 46.5 Å². The Hall–Kier alpha value is -4.14. The monoisotopic (exact) mass is 459 g/mol. The van der Waals surface area contributed by atoms with Crippen LogP contribution in [0.1, 0.15) is 40.8 Å². The van der Waals surface area contributed by atoms with Gasteiger partial charge in [0, 0.05) is 44.6 Å². The van der Waals surface area contributed by atoms with Gasteiger partial charge in [-0.1, -0.05) is 18.2 Å². The van der Waals surface area contributed by atoms with Crippen LogP contribution >= 0.6 is 0 Å². The maximum absolute atomic E-state index is 13.6. The smallest absolute Gasteiger partial charge is 0.289 e. The molecule has 0 radical (unpaired) electrons. The highest BCUT2D eigenvalue weighted by atomic mass is 16.3. The minimum Gasteiger partial charge on any atom is -0.459 e. The Morgan fingerprint density at radius 2 is 1.59 bits per heavy atom. The number of hydrogen-bond donors (Lipinski definition) is 0. The second-order valence-corrected chi connectivity index (χ2v) is 8.59. The van der Waals surface area contributed by atoms with Crippen molar-refractivity contribution in [3.05, 3.63) is 82.8 Å². The van der Waals surface area contributed by atoms with Crippen LogP contribution in [0.5, 0.6) is 0 Å². The van der Waals surface area contributed by atoms with E-state index < -0.39 is 0 Å². The van der Waals surface area contributed by atoms with E-state index in [1.807, 2.05) is 36.6 Å². The molecular weight excluding hydrogens is 434 g/mol. The van der Waals surface area contributed by atoms with Crippen molar-refractivity contribution < 1.29 is 14.0 Å². The first-order valence-corrected chi connectivity index (χ1v) is 11.3. The highest BCUT2D eigenvalue weighted by Gasteiger charge is 2.31. The molecule has 5 rings (SSSR count). The summed E-state index contributed by atoms with van der Waals surface area (Å²) in [6.07, 6.45) is 4.99. The van der Waals surface area contributed by atoms with Gasteiger partial charge in [-0.25, -0.2) is 0 Å². The number of para-hydroxylation sites is 1. The molecule has 0 N–H and O–H groups in total. The zero-order valence-electron chi connectivity index (χ0n) is 19.0. The maximum atomic E-state index is 13.6. The predicted molar refractivity (Wildman–Crippen MR) is 125 cm³/mol. The quantitative estimate of drug-likeness (QED) is 0.468. The highest BCUT2D eigenvalue weighted by Crippen LogP contribution is 2.26. The van der Waals surface area contributed by atoms with Crippen LogP contribution in [0.2, 0.25) is 0 Å². The van der Waals surface area contributed by atoms with Crippen LogP contribution in [-0.2, 0) is 0 Å². The van der Waals surface area contributed by atoms with E-state index in [-0.39, 0.29) is 29.2 Å². The summed E-state index contributed by atoms with van der Waals surface area (Å²) in [7, 11) is 0. The molecule has 0 atom stereocenters. The van der Waals surface area contributed by atoms with Gasteiger partial charge in [-0.3, -0.25) is 14.4 Å². The van der Waals surface area contributed by atoms with Gasteiger partial charge in [0.15, 0.2) is 5.76 Å². The van der Waals surface area contributed by atoms with Crippen molar-refractivity contribution in [3.63, 3.8) is 0 Å². The van der Waals surface area contributed by atoms with Gasteiger partial charge in [-0.15, -0.1) is 0 Å². The molecule has 0 unspecified atom stereocenters. The number of piperazine rings is 1. The van der Waals surface area contributed by atoms with Crippen molar-refractivity contribution in [1.82, 2.24) is 24.1 Å². The molecule has 2 aromatic rings. The van der Waals surface area contributed by atoms with E-state index in [9.17, 15) is 14.4 Å². The van der Waals surface area contributed by atoms with Crippen LogP contribution in [0.15, 0.2) is 70.3 Å². The van der Waals surface area contributed by atoms with Gasteiger partial charge < -0.3 is 18.8 Å². The lowest BCUT2D eigenvalue weighted by Crippen LogP contribution is -2.50. The standard InChI is InChI=1S/C25H25N5O4/c1-17(2)29-15-19(22-20(16-29)24(32)30(26-22)18-7-4-3-5-8-18)23(31)27-10-12-28(13-11-27)25(33)21-9-6-14-34-21/h3-9,14-17H,10-13H2,1-2H3. The van der Waals surface area contributed by atoms with Gasteiger partial charge >= 0.3 is 0 Å². The van der Waals surface area contributed by atoms with Gasteiger partial charge in [0.1, 0.15) is 5.69 Å². The molecule has 174 valence electrons. The molecule has 1 saturated heterocycles. The summed E-state index contributed by atoms with van der Waals surface area (Å²) in [5, 5.41) is 4.54. The lowest BCUT2D eigenvalue weighted by atomic mass is 10.1. The summed E-state index contributed by atoms with van der Waals surface area (Å²) in [6.45, 7) is 5.55. The molecule has 2 amide bonds. The maximum Gasteiger partial charge on any atom is 0.289 e. The third-order valence-electron chi connectivity index (χ3n) is 6.10. The second kappa shape index (κ2) is 8.66. The third-order valence-corrected chi connectivity index (χ3v) is 6.10. The van der Waals surface area contributed by atoms with Crippen molar-refractivity contribution in [1.29, 1.82) is 0 Å². The molecule has 0 saturated carbocycles. The molecule has 9 heteroatoms. The summed E-state index contributed by atoms with van der Waals surface area (Å²) < 4.78 is 8.42. The van der Waals surface area contributed by atoms with E-state index in [0.717, 1.165) is 0 Å². The van der Waals surface area contributed by atoms with Crippen molar-refractivity contribution >= 4 is 11.8 Å². The SMILES string of the molecule is CC(C)n1cc(C(=O)N2CCN(C(=O)c3ccco3)CC2)c2nn(-c3ccccc3)c(=O)c-2c1. The molecule has 0 aliphatic carbocycles. The number of fused-ring (bicyclic) bond motifs is 1. The Bertz CT molecular complexity index is 1350. The number of pyridine rings is 1. The Morgan fingerprint density at radius 3 is 2.21 bits per heavy atom. The van der Waals surface area contributed by atoms with Gasteiger partial charge in [-0.2, -0.15) is 9.78 Å². The van der Waals surface area contributed by atoms with E-state index in [0.29, 0.717) is 48.7 Å². The largest absolute Gasteiger partial charge is 0.459 e. The molecule has 1 aromatic carbocycles. The zero-order valence-corrected chi connectivity index (χ0v) is 19.0. The average Bonchev–Trinajstić information content (AvgIpc) is 3.52. The fourth-order valence-corrected chi connectivity index (χ4v) is 4.16. The molecule has 0 bridgehead atoms. The van der Waals surface area contributed by atoms with Gasteiger partial charge in [0.25, 0.3) is 17.4 Å². The first-order valence-electron chi connectivity index (χ1n) is 11.3. The van der Waals surface area contributed by atoms with Crippen LogP contribution in [0.4, 0.5) is 0 Å². The molecule has 3 aliphatic rings. The highest BCUT2D eigenvalue weighted by molar-refractivity contribution is 6.00. The van der Waals surface area contributed by atoms with E-state index in [1.165, 1.54) is 10.9 Å². The number of rotatable bonds is 4. The van der Waals surface area contributed by atoms with Crippen LogP contribution in [0.25, 0.3) is 16.9 Å². The number of aromatic nitrogens is 3. The lowest BCUT2D eigenvalue weighted by molar-refractivity contribution is 0.0518. The number of furan rings is 1. The Kier molecular flexibility index (Phi) is 5.53. The van der Waals surface area contributed by atoms with Gasteiger partial charge in [0.2, 0.25) is 0 Å². The molecule has 9 nitrogen and oxygen atoms in total. The number of carbonyl (C=O) groups excluding carboxylic acids is 2. The predicted octanol–water partition coefficient (Wildman–Crippen LogP) is 2.91. The van der Waals surface area contributed by atoms with Crippen LogP contribution in [-0.4, -0.2) is 62.1 Å². The van der Waals surface area contributed by atoms with E-state index in [2.05, 4.69) is 5.10 Å². The lowest BCUT2D eigenvalue weighted by Gasteiger charge is -2.34. The molecule has 1 aromatic heterocycles. The minimum absolute atomic E-state index is 0.0539. The van der Waals surface area contributed by atoms with Crippen molar-refractivity contribution in [2.75, 3.05) is 26.2 Å². The number of amides is 2. The fraction of sp³-hybridized carbons (Fsp3) is 0.280. The average molecular weight is 460 g/mol. The van der Waals surface area contributed by atoms with E-state index in [4.69, 9.17) is 4.42 Å². The fourth-order valence-electron chi connectivity index (χ4n) is 4.16. The molecule has 3 aliphatic heterocycles. The Labute approximate surface area is 196 Å². The summed E-state index contributed by atoms with van der Waals surface area (Å²) in [4.78, 5) is 42.7.